The summed E-state index contributed by atoms with van der Waals surface area (Å²) in [6.45, 7) is 3.70. The molecule has 0 aliphatic rings. The van der Waals surface area contributed by atoms with Gasteiger partial charge in [0, 0.05) is 23.4 Å². The first-order chi connectivity index (χ1) is 9.81. The van der Waals surface area contributed by atoms with Crippen molar-refractivity contribution in [3.63, 3.8) is 0 Å². The Morgan fingerprint density at radius 1 is 1.29 bits per heavy atom. The first-order valence-electron chi connectivity index (χ1n) is 6.20. The lowest BCUT2D eigenvalue weighted by atomic mass is 10.1. The van der Waals surface area contributed by atoms with Crippen LogP contribution in [-0.4, -0.2) is 22.4 Å². The van der Waals surface area contributed by atoms with E-state index in [-0.39, 0.29) is 22.9 Å². The summed E-state index contributed by atoms with van der Waals surface area (Å²) in [4.78, 5) is 10.9. The Balaban J connectivity index is 2.58. The van der Waals surface area contributed by atoms with Crippen LogP contribution in [0.15, 0.2) is 30.5 Å². The lowest BCUT2D eigenvalue weighted by Crippen LogP contribution is -2.18. The first kappa shape index (κ1) is 15.1. The second kappa shape index (κ2) is 5.59. The molecule has 0 radical (unpaired) electrons. The average Bonchev–Trinajstić information content (AvgIpc) is 2.86. The van der Waals surface area contributed by atoms with Crippen molar-refractivity contribution in [2.75, 3.05) is 0 Å². The number of hydrogen-bond acceptors (Lipinski definition) is 3. The van der Waals surface area contributed by atoms with Crippen molar-refractivity contribution >= 4 is 6.29 Å². The van der Waals surface area contributed by atoms with Crippen LogP contribution in [0, 0.1) is 0 Å². The van der Waals surface area contributed by atoms with E-state index in [0.717, 1.165) is 6.07 Å². The topological polar surface area (TPSA) is 44.1 Å². The van der Waals surface area contributed by atoms with Crippen LogP contribution in [-0.2, 0) is 0 Å². The van der Waals surface area contributed by atoms with E-state index in [1.165, 1.54) is 18.3 Å². The average molecular weight is 298 g/mol. The van der Waals surface area contributed by atoms with Gasteiger partial charge in [0.05, 0.1) is 5.69 Å². The zero-order chi connectivity index (χ0) is 15.6. The highest BCUT2D eigenvalue weighted by molar-refractivity contribution is 5.80. The van der Waals surface area contributed by atoms with Gasteiger partial charge in [-0.05, 0) is 38.1 Å². The van der Waals surface area contributed by atoms with E-state index in [4.69, 9.17) is 0 Å². The first-order valence-corrected chi connectivity index (χ1v) is 6.20. The fourth-order valence-corrected chi connectivity index (χ4v) is 1.97. The third kappa shape index (κ3) is 3.42. The molecule has 1 aromatic heterocycles. The van der Waals surface area contributed by atoms with Crippen molar-refractivity contribution in [1.82, 2.24) is 9.78 Å². The summed E-state index contributed by atoms with van der Waals surface area (Å²) in [5, 5.41) is 4.08. The quantitative estimate of drug-likeness (QED) is 0.805. The normalized spacial score (nSPS) is 11.7. The summed E-state index contributed by atoms with van der Waals surface area (Å²) >= 11 is 0. The molecule has 1 aromatic carbocycles. The van der Waals surface area contributed by atoms with Crippen molar-refractivity contribution in [3.05, 3.63) is 36.0 Å². The van der Waals surface area contributed by atoms with Crippen LogP contribution in [0.2, 0.25) is 0 Å². The minimum Gasteiger partial charge on any atom is -0.405 e. The third-order valence-electron chi connectivity index (χ3n) is 2.80. The Labute approximate surface area is 119 Å². The Hall–Kier alpha value is -2.31. The number of aromatic nitrogens is 2. The number of halogens is 3. The number of carbonyl (C=O) groups excluding carboxylic acids is 1. The Morgan fingerprint density at radius 2 is 2.00 bits per heavy atom. The van der Waals surface area contributed by atoms with E-state index < -0.39 is 6.36 Å². The molecular weight excluding hydrogens is 285 g/mol. The van der Waals surface area contributed by atoms with Gasteiger partial charge in [-0.15, -0.1) is 13.2 Å². The van der Waals surface area contributed by atoms with Crippen LogP contribution in [0.4, 0.5) is 13.2 Å². The van der Waals surface area contributed by atoms with Crippen molar-refractivity contribution in [3.8, 4) is 17.0 Å². The number of nitrogens with zero attached hydrogens (tertiary/aromatic N) is 2. The van der Waals surface area contributed by atoms with Crippen molar-refractivity contribution in [1.29, 1.82) is 0 Å². The zero-order valence-electron chi connectivity index (χ0n) is 11.4. The van der Waals surface area contributed by atoms with Crippen molar-refractivity contribution in [2.24, 2.45) is 0 Å². The molecule has 0 saturated carbocycles. The molecule has 0 bridgehead atoms. The molecule has 0 spiro atoms. The number of ether oxygens (including phenoxy) is 1. The predicted octanol–water partition coefficient (Wildman–Crippen LogP) is 3.84. The number of rotatable bonds is 4. The van der Waals surface area contributed by atoms with Crippen molar-refractivity contribution in [2.45, 2.75) is 26.3 Å². The van der Waals surface area contributed by atoms with Gasteiger partial charge in [-0.1, -0.05) is 0 Å². The lowest BCUT2D eigenvalue weighted by molar-refractivity contribution is -0.274. The summed E-state index contributed by atoms with van der Waals surface area (Å²) in [6, 6.07) is 5.28. The maximum atomic E-state index is 12.5. The molecule has 112 valence electrons. The van der Waals surface area contributed by atoms with Crippen LogP contribution in [0.5, 0.6) is 5.75 Å². The molecule has 0 atom stereocenters. The van der Waals surface area contributed by atoms with Gasteiger partial charge >= 0.3 is 6.36 Å². The lowest BCUT2D eigenvalue weighted by Gasteiger charge is -2.16. The Morgan fingerprint density at radius 3 is 2.57 bits per heavy atom. The SMILES string of the molecule is CC(C)n1nccc1-c1cc(C=O)ccc1OC(F)(F)F. The highest BCUT2D eigenvalue weighted by Crippen LogP contribution is 2.35. The van der Waals surface area contributed by atoms with Gasteiger partial charge in [-0.2, -0.15) is 5.10 Å². The summed E-state index contributed by atoms with van der Waals surface area (Å²) in [5.74, 6) is -0.365. The van der Waals surface area contributed by atoms with Gasteiger partial charge in [0.15, 0.2) is 0 Å². The summed E-state index contributed by atoms with van der Waals surface area (Å²) in [5.41, 5.74) is 0.882. The maximum absolute atomic E-state index is 12.5. The smallest absolute Gasteiger partial charge is 0.405 e. The molecule has 0 aliphatic heterocycles. The minimum absolute atomic E-state index is 0.0476. The predicted molar refractivity (Wildman–Crippen MR) is 70.1 cm³/mol. The second-order valence-corrected chi connectivity index (χ2v) is 4.68. The summed E-state index contributed by atoms with van der Waals surface area (Å²) in [7, 11) is 0. The van der Waals surface area contributed by atoms with E-state index in [9.17, 15) is 18.0 Å². The van der Waals surface area contributed by atoms with Gasteiger partial charge in [0.2, 0.25) is 0 Å². The molecule has 1 heterocycles. The number of alkyl halides is 3. The monoisotopic (exact) mass is 298 g/mol. The largest absolute Gasteiger partial charge is 0.573 e. The summed E-state index contributed by atoms with van der Waals surface area (Å²) in [6.07, 6.45) is -2.75. The molecule has 21 heavy (non-hydrogen) atoms. The number of aldehydes is 1. The molecule has 0 N–H and O–H groups in total. The molecule has 0 amide bonds. The van der Waals surface area contributed by atoms with Crippen LogP contribution in [0.25, 0.3) is 11.3 Å². The van der Waals surface area contributed by atoms with Crippen LogP contribution >= 0.6 is 0 Å². The molecule has 0 unspecified atom stereocenters. The van der Waals surface area contributed by atoms with Gasteiger partial charge in [0.1, 0.15) is 12.0 Å². The van der Waals surface area contributed by atoms with E-state index in [0.29, 0.717) is 12.0 Å². The molecule has 2 aromatic rings. The van der Waals surface area contributed by atoms with Crippen molar-refractivity contribution < 1.29 is 22.7 Å². The number of carbonyl (C=O) groups is 1. The molecule has 0 fully saturated rings. The summed E-state index contributed by atoms with van der Waals surface area (Å²) < 4.78 is 43.1. The van der Waals surface area contributed by atoms with E-state index >= 15 is 0 Å². The van der Waals surface area contributed by atoms with E-state index in [2.05, 4.69) is 9.84 Å². The molecule has 4 nitrogen and oxygen atoms in total. The van der Waals surface area contributed by atoms with Crippen LogP contribution in [0.3, 0.4) is 0 Å². The van der Waals surface area contributed by atoms with Gasteiger partial charge in [-0.25, -0.2) is 0 Å². The van der Waals surface area contributed by atoms with E-state index in [1.54, 1.807) is 10.7 Å². The molecule has 0 aliphatic carbocycles. The Kier molecular flexibility index (Phi) is 4.02. The standard InChI is InChI=1S/C14H13F3N2O2/c1-9(2)19-12(5-6-18-19)11-7-10(8-20)3-4-13(11)21-14(15,16)17/h3-9H,1-2H3. The second-order valence-electron chi connectivity index (χ2n) is 4.68. The van der Waals surface area contributed by atoms with Crippen LogP contribution < -0.4 is 4.74 Å². The highest BCUT2D eigenvalue weighted by atomic mass is 19.4. The minimum atomic E-state index is -4.81. The fraction of sp³-hybridized carbons (Fsp3) is 0.286. The highest BCUT2D eigenvalue weighted by Gasteiger charge is 2.32. The Bertz CT molecular complexity index is 648. The molecule has 7 heteroatoms. The third-order valence-corrected chi connectivity index (χ3v) is 2.80. The fourth-order valence-electron chi connectivity index (χ4n) is 1.97. The molecule has 2 rings (SSSR count). The maximum Gasteiger partial charge on any atom is 0.573 e. The molecular formula is C14H13F3N2O2. The van der Waals surface area contributed by atoms with Crippen LogP contribution in [0.1, 0.15) is 30.2 Å². The number of benzene rings is 1. The van der Waals surface area contributed by atoms with E-state index in [1.807, 2.05) is 13.8 Å². The molecule has 0 saturated heterocycles. The van der Waals surface area contributed by atoms with Gasteiger partial charge in [0.25, 0.3) is 0 Å². The van der Waals surface area contributed by atoms with Gasteiger partial charge in [-0.3, -0.25) is 9.48 Å². The number of hydrogen-bond donors (Lipinski definition) is 0. The van der Waals surface area contributed by atoms with Gasteiger partial charge < -0.3 is 4.74 Å². The zero-order valence-corrected chi connectivity index (χ0v) is 11.4.